The molecule has 1 atom stereocenters. The molecule has 0 spiro atoms. The molecule has 2 N–H and O–H groups in total. The highest BCUT2D eigenvalue weighted by molar-refractivity contribution is 5.92. The fraction of sp³-hybridized carbons (Fsp3) is 0.308. The maximum atomic E-state index is 11.4. The van der Waals surface area contributed by atoms with Crippen LogP contribution in [0.1, 0.15) is 18.1 Å². The smallest absolute Gasteiger partial charge is 0.244 e. The van der Waals surface area contributed by atoms with Crippen LogP contribution in [0.5, 0.6) is 0 Å². The van der Waals surface area contributed by atoms with Crippen molar-refractivity contribution >= 4 is 12.0 Å². The second-order valence-corrected chi connectivity index (χ2v) is 3.78. The number of amides is 1. The summed E-state index contributed by atoms with van der Waals surface area (Å²) in [6.45, 7) is 3.69. The average Bonchev–Trinajstić information content (AvgIpc) is 2.28. The van der Waals surface area contributed by atoms with E-state index in [0.29, 0.717) is 0 Å². The molecule has 0 aliphatic heterocycles. The third kappa shape index (κ3) is 3.87. The lowest BCUT2D eigenvalue weighted by molar-refractivity contribution is -0.117. The van der Waals surface area contributed by atoms with Crippen molar-refractivity contribution in [3.8, 4) is 0 Å². The summed E-state index contributed by atoms with van der Waals surface area (Å²) in [5, 5.41) is 11.4. The number of carbonyl (C=O) groups is 1. The molecule has 0 fully saturated rings. The number of aliphatic hydroxyl groups excluding tert-OH is 1. The number of aryl methyl sites for hydroxylation is 1. The van der Waals surface area contributed by atoms with Gasteiger partial charge in [0.2, 0.25) is 5.91 Å². The van der Waals surface area contributed by atoms with Crippen LogP contribution < -0.4 is 5.32 Å². The Balaban J connectivity index is 2.60. The van der Waals surface area contributed by atoms with E-state index in [0.717, 1.165) is 11.1 Å². The molecule has 0 aliphatic rings. The molecule has 1 rings (SSSR count). The minimum atomic E-state index is -0.214. The van der Waals surface area contributed by atoms with Crippen molar-refractivity contribution in [2.45, 2.75) is 19.9 Å². The molecular weight excluding hydrogens is 202 g/mol. The number of hydrogen-bond acceptors (Lipinski definition) is 2. The van der Waals surface area contributed by atoms with Crippen LogP contribution in [0.2, 0.25) is 0 Å². The number of rotatable bonds is 4. The summed E-state index contributed by atoms with van der Waals surface area (Å²) in [6.07, 6.45) is 3.25. The standard InChI is InChI=1S/C13H17NO2/c1-10-5-3-4-6-12(10)7-8-13(16)14-11(2)9-15/h3-8,11,15H,9H2,1-2H3,(H,14,16)/b8-7+/t11-/m1/s1. The van der Waals surface area contributed by atoms with Gasteiger partial charge in [-0.2, -0.15) is 0 Å². The Morgan fingerprint density at radius 1 is 1.50 bits per heavy atom. The van der Waals surface area contributed by atoms with Gasteiger partial charge in [0.05, 0.1) is 6.61 Å². The van der Waals surface area contributed by atoms with Crippen molar-refractivity contribution in [1.82, 2.24) is 5.32 Å². The summed E-state index contributed by atoms with van der Waals surface area (Å²) < 4.78 is 0. The summed E-state index contributed by atoms with van der Waals surface area (Å²) in [6, 6.07) is 7.62. The van der Waals surface area contributed by atoms with Gasteiger partial charge in [-0.15, -0.1) is 0 Å². The van der Waals surface area contributed by atoms with E-state index >= 15 is 0 Å². The Hall–Kier alpha value is -1.61. The molecule has 1 amide bonds. The molecule has 1 aromatic rings. The zero-order valence-electron chi connectivity index (χ0n) is 9.60. The molecule has 0 heterocycles. The van der Waals surface area contributed by atoms with E-state index in [2.05, 4.69) is 5.32 Å². The number of carbonyl (C=O) groups excluding carboxylic acids is 1. The monoisotopic (exact) mass is 219 g/mol. The van der Waals surface area contributed by atoms with Crippen LogP contribution in [-0.2, 0) is 4.79 Å². The van der Waals surface area contributed by atoms with Gasteiger partial charge in [-0.3, -0.25) is 4.79 Å². The average molecular weight is 219 g/mol. The van der Waals surface area contributed by atoms with Crippen LogP contribution >= 0.6 is 0 Å². The fourth-order valence-corrected chi connectivity index (χ4v) is 1.28. The quantitative estimate of drug-likeness (QED) is 0.754. The van der Waals surface area contributed by atoms with E-state index in [1.807, 2.05) is 31.2 Å². The van der Waals surface area contributed by atoms with Gasteiger partial charge in [-0.1, -0.05) is 24.3 Å². The van der Waals surface area contributed by atoms with E-state index in [1.165, 1.54) is 6.08 Å². The number of aliphatic hydroxyl groups is 1. The van der Waals surface area contributed by atoms with Gasteiger partial charge in [0, 0.05) is 12.1 Å². The second kappa shape index (κ2) is 6.08. The zero-order chi connectivity index (χ0) is 12.0. The predicted molar refractivity (Wildman–Crippen MR) is 64.9 cm³/mol. The summed E-state index contributed by atoms with van der Waals surface area (Å²) in [5.41, 5.74) is 2.15. The maximum absolute atomic E-state index is 11.4. The summed E-state index contributed by atoms with van der Waals surface area (Å²) in [7, 11) is 0. The lowest BCUT2D eigenvalue weighted by Gasteiger charge is -2.07. The van der Waals surface area contributed by atoms with E-state index in [9.17, 15) is 4.79 Å². The molecule has 0 saturated carbocycles. The van der Waals surface area contributed by atoms with Crippen molar-refractivity contribution < 1.29 is 9.90 Å². The van der Waals surface area contributed by atoms with Crippen molar-refractivity contribution in [2.24, 2.45) is 0 Å². The van der Waals surface area contributed by atoms with Gasteiger partial charge >= 0.3 is 0 Å². The third-order valence-corrected chi connectivity index (χ3v) is 2.27. The number of benzene rings is 1. The van der Waals surface area contributed by atoms with Crippen molar-refractivity contribution in [2.75, 3.05) is 6.61 Å². The Kier molecular flexibility index (Phi) is 4.73. The summed E-state index contributed by atoms with van der Waals surface area (Å²) in [4.78, 5) is 11.4. The van der Waals surface area contributed by atoms with Crippen LogP contribution in [0, 0.1) is 6.92 Å². The van der Waals surface area contributed by atoms with E-state index in [1.54, 1.807) is 13.0 Å². The first kappa shape index (κ1) is 12.5. The Morgan fingerprint density at radius 2 is 2.19 bits per heavy atom. The van der Waals surface area contributed by atoms with Gasteiger partial charge in [-0.25, -0.2) is 0 Å². The molecule has 16 heavy (non-hydrogen) atoms. The van der Waals surface area contributed by atoms with E-state index in [4.69, 9.17) is 5.11 Å². The number of nitrogens with one attached hydrogen (secondary N) is 1. The normalized spacial score (nSPS) is 12.7. The molecular formula is C13H17NO2. The first-order valence-corrected chi connectivity index (χ1v) is 5.28. The molecule has 0 aromatic heterocycles. The van der Waals surface area contributed by atoms with Crippen molar-refractivity contribution in [3.63, 3.8) is 0 Å². The molecule has 1 aromatic carbocycles. The van der Waals surface area contributed by atoms with E-state index in [-0.39, 0.29) is 18.6 Å². The Bertz CT molecular complexity index is 385. The van der Waals surface area contributed by atoms with E-state index < -0.39 is 0 Å². The lowest BCUT2D eigenvalue weighted by Crippen LogP contribution is -2.33. The van der Waals surface area contributed by atoms with Gasteiger partial charge in [0.15, 0.2) is 0 Å². The highest BCUT2D eigenvalue weighted by atomic mass is 16.3. The fourth-order valence-electron chi connectivity index (χ4n) is 1.28. The molecule has 0 bridgehead atoms. The summed E-state index contributed by atoms with van der Waals surface area (Å²) in [5.74, 6) is -0.190. The molecule has 86 valence electrons. The third-order valence-electron chi connectivity index (χ3n) is 2.27. The molecule has 3 heteroatoms. The first-order valence-electron chi connectivity index (χ1n) is 5.28. The maximum Gasteiger partial charge on any atom is 0.244 e. The Labute approximate surface area is 95.8 Å². The minimum Gasteiger partial charge on any atom is -0.394 e. The van der Waals surface area contributed by atoms with Gasteiger partial charge in [0.25, 0.3) is 0 Å². The van der Waals surface area contributed by atoms with Crippen LogP contribution in [0.3, 0.4) is 0 Å². The summed E-state index contributed by atoms with van der Waals surface area (Å²) >= 11 is 0. The van der Waals surface area contributed by atoms with Gasteiger partial charge < -0.3 is 10.4 Å². The molecule has 3 nitrogen and oxygen atoms in total. The first-order chi connectivity index (χ1) is 7.63. The zero-order valence-corrected chi connectivity index (χ0v) is 9.60. The van der Waals surface area contributed by atoms with Gasteiger partial charge in [0.1, 0.15) is 0 Å². The molecule has 0 unspecified atom stereocenters. The van der Waals surface area contributed by atoms with Gasteiger partial charge in [-0.05, 0) is 31.1 Å². The topological polar surface area (TPSA) is 49.3 Å². The molecule has 0 radical (unpaired) electrons. The van der Waals surface area contributed by atoms with Crippen molar-refractivity contribution in [1.29, 1.82) is 0 Å². The lowest BCUT2D eigenvalue weighted by atomic mass is 10.1. The van der Waals surface area contributed by atoms with Crippen LogP contribution in [-0.4, -0.2) is 23.7 Å². The highest BCUT2D eigenvalue weighted by Crippen LogP contribution is 2.08. The highest BCUT2D eigenvalue weighted by Gasteiger charge is 2.01. The Morgan fingerprint density at radius 3 is 2.81 bits per heavy atom. The van der Waals surface area contributed by atoms with Crippen LogP contribution in [0.25, 0.3) is 6.08 Å². The second-order valence-electron chi connectivity index (χ2n) is 3.78. The van der Waals surface area contributed by atoms with Crippen LogP contribution in [0.15, 0.2) is 30.3 Å². The largest absolute Gasteiger partial charge is 0.394 e. The molecule has 0 saturated heterocycles. The van der Waals surface area contributed by atoms with Crippen molar-refractivity contribution in [3.05, 3.63) is 41.5 Å². The predicted octanol–water partition coefficient (Wildman–Crippen LogP) is 1.51. The minimum absolute atomic E-state index is 0.0516. The SMILES string of the molecule is Cc1ccccc1/C=C/C(=O)N[C@H](C)CO. The molecule has 0 aliphatic carbocycles. The van der Waals surface area contributed by atoms with Crippen LogP contribution in [0.4, 0.5) is 0 Å². The number of hydrogen-bond donors (Lipinski definition) is 2.